The summed E-state index contributed by atoms with van der Waals surface area (Å²) in [5, 5.41) is 1.08. The molecule has 0 aliphatic rings. The van der Waals surface area contributed by atoms with Gasteiger partial charge < -0.3 is 10.5 Å². The monoisotopic (exact) mass is 202 g/mol. The van der Waals surface area contributed by atoms with E-state index >= 15 is 0 Å². The van der Waals surface area contributed by atoms with Gasteiger partial charge >= 0.3 is 0 Å². The molecule has 2 aromatic rings. The fourth-order valence-electron chi connectivity index (χ4n) is 1.41. The first kappa shape index (κ1) is 9.93. The lowest BCUT2D eigenvalue weighted by atomic mass is 10.2. The summed E-state index contributed by atoms with van der Waals surface area (Å²) in [6.45, 7) is 2.42. The number of fused-ring (bicyclic) bond motifs is 1. The van der Waals surface area contributed by atoms with Gasteiger partial charge in [-0.25, -0.2) is 0 Å². The molecule has 1 aromatic heterocycles. The van der Waals surface area contributed by atoms with Crippen LogP contribution >= 0.6 is 0 Å². The van der Waals surface area contributed by atoms with Crippen molar-refractivity contribution >= 4 is 10.9 Å². The van der Waals surface area contributed by atoms with Crippen molar-refractivity contribution < 1.29 is 4.74 Å². The molecule has 0 saturated carbocycles. The molecule has 2 N–H and O–H groups in total. The molecule has 0 bridgehead atoms. The lowest BCUT2D eigenvalue weighted by Gasteiger charge is -2.10. The van der Waals surface area contributed by atoms with Crippen LogP contribution in [0.1, 0.15) is 6.92 Å². The summed E-state index contributed by atoms with van der Waals surface area (Å²) in [5.74, 6) is 0.797. The maximum absolute atomic E-state index is 5.64. The Morgan fingerprint density at radius 2 is 2.13 bits per heavy atom. The second kappa shape index (κ2) is 4.28. The van der Waals surface area contributed by atoms with Gasteiger partial charge in [0, 0.05) is 17.6 Å². The van der Waals surface area contributed by atoms with Crippen LogP contribution in [0.15, 0.2) is 36.5 Å². The van der Waals surface area contributed by atoms with Crippen molar-refractivity contribution in [3.63, 3.8) is 0 Å². The summed E-state index contributed by atoms with van der Waals surface area (Å²) in [5.41, 5.74) is 6.53. The molecule has 3 heteroatoms. The molecule has 3 nitrogen and oxygen atoms in total. The molecule has 0 radical (unpaired) electrons. The molecule has 0 fully saturated rings. The zero-order valence-corrected chi connectivity index (χ0v) is 8.68. The topological polar surface area (TPSA) is 48.1 Å². The summed E-state index contributed by atoms with van der Waals surface area (Å²) in [6, 6.07) is 9.85. The highest BCUT2D eigenvalue weighted by Gasteiger charge is 2.03. The molecule has 0 aliphatic carbocycles. The number of nitrogens with zero attached hydrogens (tertiary/aromatic N) is 1. The van der Waals surface area contributed by atoms with Crippen LogP contribution in [0, 0.1) is 0 Å². The third kappa shape index (κ3) is 2.25. The number of para-hydroxylation sites is 1. The molecule has 1 heterocycles. The van der Waals surface area contributed by atoms with Gasteiger partial charge in [-0.3, -0.25) is 4.98 Å². The van der Waals surface area contributed by atoms with E-state index in [1.165, 1.54) is 0 Å². The Labute approximate surface area is 88.9 Å². The highest BCUT2D eigenvalue weighted by atomic mass is 16.5. The van der Waals surface area contributed by atoms with E-state index in [9.17, 15) is 0 Å². The number of benzene rings is 1. The van der Waals surface area contributed by atoms with Crippen LogP contribution in [-0.2, 0) is 0 Å². The average Bonchev–Trinajstić information content (AvgIpc) is 2.26. The summed E-state index contributed by atoms with van der Waals surface area (Å²) in [4.78, 5) is 4.29. The van der Waals surface area contributed by atoms with E-state index in [1.807, 2.05) is 37.3 Å². The largest absolute Gasteiger partial charge is 0.490 e. The predicted molar refractivity (Wildman–Crippen MR) is 60.9 cm³/mol. The van der Waals surface area contributed by atoms with Crippen LogP contribution in [0.4, 0.5) is 0 Å². The second-order valence-electron chi connectivity index (χ2n) is 3.62. The van der Waals surface area contributed by atoms with Gasteiger partial charge in [0.1, 0.15) is 17.9 Å². The fourth-order valence-corrected chi connectivity index (χ4v) is 1.41. The molecule has 0 amide bonds. The van der Waals surface area contributed by atoms with Crippen molar-refractivity contribution in [2.75, 3.05) is 6.61 Å². The van der Waals surface area contributed by atoms with E-state index < -0.39 is 0 Å². The summed E-state index contributed by atoms with van der Waals surface area (Å²) < 4.78 is 5.59. The van der Waals surface area contributed by atoms with Crippen LogP contribution in [0.5, 0.6) is 5.75 Å². The Morgan fingerprint density at radius 1 is 1.33 bits per heavy atom. The first-order chi connectivity index (χ1) is 7.27. The third-order valence-corrected chi connectivity index (χ3v) is 2.10. The van der Waals surface area contributed by atoms with E-state index in [-0.39, 0.29) is 6.04 Å². The number of pyridine rings is 1. The van der Waals surface area contributed by atoms with Gasteiger partial charge in [-0.05, 0) is 19.1 Å². The van der Waals surface area contributed by atoms with E-state index in [0.29, 0.717) is 6.61 Å². The third-order valence-electron chi connectivity index (χ3n) is 2.10. The molecule has 2 rings (SSSR count). The Bertz CT molecular complexity index is 449. The normalized spacial score (nSPS) is 12.7. The van der Waals surface area contributed by atoms with Gasteiger partial charge in [0.05, 0.1) is 0 Å². The van der Waals surface area contributed by atoms with Crippen LogP contribution in [-0.4, -0.2) is 17.6 Å². The van der Waals surface area contributed by atoms with Crippen molar-refractivity contribution in [3.05, 3.63) is 36.5 Å². The minimum Gasteiger partial charge on any atom is -0.490 e. The lowest BCUT2D eigenvalue weighted by molar-refractivity contribution is 0.299. The fraction of sp³-hybridized carbons (Fsp3) is 0.250. The maximum atomic E-state index is 5.64. The molecule has 0 saturated heterocycles. The highest BCUT2D eigenvalue weighted by Crippen LogP contribution is 2.22. The standard InChI is InChI=1S/C12H14N2O/c1-9(13)8-15-11-6-2-4-10-5-3-7-14-12(10)11/h2-7,9H,8,13H2,1H3/t9-/m0/s1. The van der Waals surface area contributed by atoms with Gasteiger partial charge in [0.2, 0.25) is 0 Å². The minimum absolute atomic E-state index is 0.0315. The van der Waals surface area contributed by atoms with Crippen LogP contribution in [0.25, 0.3) is 10.9 Å². The number of hydrogen-bond donors (Lipinski definition) is 1. The van der Waals surface area contributed by atoms with Gasteiger partial charge in [-0.15, -0.1) is 0 Å². The van der Waals surface area contributed by atoms with E-state index in [4.69, 9.17) is 10.5 Å². The Morgan fingerprint density at radius 3 is 2.93 bits per heavy atom. The molecule has 0 unspecified atom stereocenters. The molecular weight excluding hydrogens is 188 g/mol. The SMILES string of the molecule is C[C@H](N)COc1cccc2cccnc12. The van der Waals surface area contributed by atoms with Crippen molar-refractivity contribution in [3.8, 4) is 5.75 Å². The zero-order chi connectivity index (χ0) is 10.7. The van der Waals surface area contributed by atoms with E-state index in [1.54, 1.807) is 6.20 Å². The molecule has 78 valence electrons. The summed E-state index contributed by atoms with van der Waals surface area (Å²) >= 11 is 0. The molecule has 15 heavy (non-hydrogen) atoms. The summed E-state index contributed by atoms with van der Waals surface area (Å²) in [6.07, 6.45) is 1.76. The zero-order valence-electron chi connectivity index (χ0n) is 8.68. The Hall–Kier alpha value is -1.61. The molecule has 1 aromatic carbocycles. The minimum atomic E-state index is 0.0315. The molecular formula is C12H14N2O. The Balaban J connectivity index is 2.34. The number of ether oxygens (including phenoxy) is 1. The summed E-state index contributed by atoms with van der Waals surface area (Å²) in [7, 11) is 0. The number of nitrogens with two attached hydrogens (primary N) is 1. The average molecular weight is 202 g/mol. The lowest BCUT2D eigenvalue weighted by Crippen LogP contribution is -2.23. The van der Waals surface area contributed by atoms with Gasteiger partial charge in [-0.2, -0.15) is 0 Å². The first-order valence-electron chi connectivity index (χ1n) is 4.99. The smallest absolute Gasteiger partial charge is 0.145 e. The van der Waals surface area contributed by atoms with Crippen molar-refractivity contribution in [1.29, 1.82) is 0 Å². The highest BCUT2D eigenvalue weighted by molar-refractivity contribution is 5.84. The maximum Gasteiger partial charge on any atom is 0.145 e. The Kier molecular flexibility index (Phi) is 2.83. The van der Waals surface area contributed by atoms with Gasteiger partial charge in [-0.1, -0.05) is 18.2 Å². The van der Waals surface area contributed by atoms with E-state index in [2.05, 4.69) is 4.98 Å². The number of rotatable bonds is 3. The van der Waals surface area contributed by atoms with E-state index in [0.717, 1.165) is 16.7 Å². The van der Waals surface area contributed by atoms with Crippen LogP contribution in [0.3, 0.4) is 0 Å². The predicted octanol–water partition coefficient (Wildman–Crippen LogP) is 1.96. The van der Waals surface area contributed by atoms with Crippen LogP contribution < -0.4 is 10.5 Å². The van der Waals surface area contributed by atoms with Crippen molar-refractivity contribution in [2.45, 2.75) is 13.0 Å². The second-order valence-corrected chi connectivity index (χ2v) is 3.62. The first-order valence-corrected chi connectivity index (χ1v) is 4.99. The van der Waals surface area contributed by atoms with Crippen LogP contribution in [0.2, 0.25) is 0 Å². The van der Waals surface area contributed by atoms with Gasteiger partial charge in [0.15, 0.2) is 0 Å². The molecule has 0 aliphatic heterocycles. The molecule has 1 atom stereocenters. The number of aromatic nitrogens is 1. The van der Waals surface area contributed by atoms with Crippen molar-refractivity contribution in [1.82, 2.24) is 4.98 Å². The van der Waals surface area contributed by atoms with Crippen molar-refractivity contribution in [2.24, 2.45) is 5.73 Å². The number of hydrogen-bond acceptors (Lipinski definition) is 3. The quantitative estimate of drug-likeness (QED) is 0.827. The molecule has 0 spiro atoms. The van der Waals surface area contributed by atoms with Gasteiger partial charge in [0.25, 0.3) is 0 Å².